The number of nitrogens with one attached hydrogen (secondary N) is 2. The lowest BCUT2D eigenvalue weighted by Crippen LogP contribution is -2.43. The lowest BCUT2D eigenvalue weighted by atomic mass is 9.98. The lowest BCUT2D eigenvalue weighted by Gasteiger charge is -2.32. The quantitative estimate of drug-likeness (QED) is 0.776. The van der Waals surface area contributed by atoms with E-state index in [0.717, 1.165) is 31.6 Å². The van der Waals surface area contributed by atoms with Crippen molar-refractivity contribution >= 4 is 17.4 Å². The monoisotopic (exact) mass is 375 g/mol. The van der Waals surface area contributed by atoms with Crippen molar-refractivity contribution in [2.75, 3.05) is 26.2 Å². The van der Waals surface area contributed by atoms with Crippen LogP contribution in [-0.2, 0) is 13.0 Å². The van der Waals surface area contributed by atoms with Gasteiger partial charge >= 0.3 is 6.03 Å². The van der Waals surface area contributed by atoms with E-state index in [-0.39, 0.29) is 11.8 Å². The lowest BCUT2D eigenvalue weighted by molar-refractivity contribution is 0.166. The van der Waals surface area contributed by atoms with E-state index in [1.807, 2.05) is 6.07 Å². The Kier molecular flexibility index (Phi) is 7.03. The second kappa shape index (κ2) is 9.69. The molecule has 0 spiro atoms. The molecule has 1 saturated heterocycles. The van der Waals surface area contributed by atoms with Gasteiger partial charge in [-0.1, -0.05) is 18.2 Å². The van der Waals surface area contributed by atoms with Crippen LogP contribution in [0.5, 0.6) is 0 Å². The predicted octanol–water partition coefficient (Wildman–Crippen LogP) is 3.64. The van der Waals surface area contributed by atoms with Crippen LogP contribution < -0.4 is 10.6 Å². The summed E-state index contributed by atoms with van der Waals surface area (Å²) in [6.45, 7) is 4.38. The Bertz CT molecular complexity index is 692. The fourth-order valence-corrected chi connectivity index (χ4v) is 4.14. The van der Waals surface area contributed by atoms with Gasteiger partial charge in [-0.15, -0.1) is 11.3 Å². The molecule has 6 heteroatoms. The molecule has 0 aliphatic carbocycles. The minimum atomic E-state index is -0.239. The van der Waals surface area contributed by atoms with Crippen LogP contribution in [0, 0.1) is 11.7 Å². The fourth-order valence-electron chi connectivity index (χ4n) is 3.40. The van der Waals surface area contributed by atoms with Crippen molar-refractivity contribution in [1.29, 1.82) is 0 Å². The molecule has 1 aromatic heterocycles. The van der Waals surface area contributed by atoms with Crippen molar-refractivity contribution in [2.24, 2.45) is 5.92 Å². The topological polar surface area (TPSA) is 44.4 Å². The largest absolute Gasteiger partial charge is 0.338 e. The summed E-state index contributed by atoms with van der Waals surface area (Å²) in [6.07, 6.45) is 2.96. The van der Waals surface area contributed by atoms with Crippen molar-refractivity contribution in [1.82, 2.24) is 15.5 Å². The van der Waals surface area contributed by atoms with Crippen molar-refractivity contribution in [3.63, 3.8) is 0 Å². The molecular formula is C20H26FN3OS. The van der Waals surface area contributed by atoms with E-state index in [4.69, 9.17) is 0 Å². The average Bonchev–Trinajstić information content (AvgIpc) is 3.13. The first-order valence-electron chi connectivity index (χ1n) is 9.20. The van der Waals surface area contributed by atoms with Crippen molar-refractivity contribution in [3.05, 3.63) is 58.0 Å². The normalized spacial score (nSPS) is 17.8. The molecular weight excluding hydrogens is 349 g/mol. The molecule has 2 aromatic rings. The Morgan fingerprint density at radius 3 is 3.00 bits per heavy atom. The van der Waals surface area contributed by atoms with E-state index in [1.165, 1.54) is 23.4 Å². The molecule has 0 bridgehead atoms. The number of amides is 2. The van der Waals surface area contributed by atoms with Gasteiger partial charge in [-0.05, 0) is 60.9 Å². The number of nitrogens with zero attached hydrogens (tertiary/aromatic N) is 1. The molecule has 1 aliphatic rings. The Morgan fingerprint density at radius 2 is 2.19 bits per heavy atom. The van der Waals surface area contributed by atoms with Gasteiger partial charge in [0, 0.05) is 31.1 Å². The zero-order valence-corrected chi connectivity index (χ0v) is 15.7. The van der Waals surface area contributed by atoms with E-state index in [1.54, 1.807) is 17.4 Å². The average molecular weight is 376 g/mol. The third kappa shape index (κ3) is 6.11. The summed E-state index contributed by atoms with van der Waals surface area (Å²) in [4.78, 5) is 15.8. The predicted molar refractivity (Wildman–Crippen MR) is 104 cm³/mol. The molecule has 3 rings (SSSR count). The molecule has 2 heterocycles. The third-order valence-electron chi connectivity index (χ3n) is 4.70. The second-order valence-corrected chi connectivity index (χ2v) is 7.87. The summed E-state index contributed by atoms with van der Waals surface area (Å²) in [5.41, 5.74) is 0.891. The van der Waals surface area contributed by atoms with Gasteiger partial charge in [-0.2, -0.15) is 0 Å². The summed E-state index contributed by atoms with van der Waals surface area (Å²) < 4.78 is 13.1. The summed E-state index contributed by atoms with van der Waals surface area (Å²) in [7, 11) is 0. The van der Waals surface area contributed by atoms with Crippen LogP contribution in [0.3, 0.4) is 0 Å². The van der Waals surface area contributed by atoms with E-state index >= 15 is 0 Å². The zero-order valence-electron chi connectivity index (χ0n) is 14.9. The maximum atomic E-state index is 13.1. The van der Waals surface area contributed by atoms with Crippen molar-refractivity contribution < 1.29 is 9.18 Å². The molecule has 2 amide bonds. The maximum absolute atomic E-state index is 13.1. The van der Waals surface area contributed by atoms with E-state index in [9.17, 15) is 9.18 Å². The highest BCUT2D eigenvalue weighted by atomic mass is 32.1. The van der Waals surface area contributed by atoms with Crippen LogP contribution in [0.1, 0.15) is 23.3 Å². The molecule has 1 aromatic carbocycles. The van der Waals surface area contributed by atoms with Crippen LogP contribution >= 0.6 is 11.3 Å². The van der Waals surface area contributed by atoms with Crippen LogP contribution in [0.2, 0.25) is 0 Å². The molecule has 26 heavy (non-hydrogen) atoms. The number of hydrogen-bond acceptors (Lipinski definition) is 3. The molecule has 0 radical (unpaired) electrons. The van der Waals surface area contributed by atoms with Crippen LogP contribution in [0.4, 0.5) is 9.18 Å². The molecule has 140 valence electrons. The molecule has 1 unspecified atom stereocenters. The first kappa shape index (κ1) is 18.9. The molecule has 0 saturated carbocycles. The third-order valence-corrected chi connectivity index (χ3v) is 5.56. The fraction of sp³-hybridized carbons (Fsp3) is 0.450. The molecule has 1 aliphatic heterocycles. The summed E-state index contributed by atoms with van der Waals surface area (Å²) in [5.74, 6) is 0.258. The van der Waals surface area contributed by atoms with Gasteiger partial charge in [0.1, 0.15) is 5.82 Å². The Morgan fingerprint density at radius 1 is 1.27 bits per heavy atom. The number of halogens is 1. The van der Waals surface area contributed by atoms with Crippen LogP contribution in [0.15, 0.2) is 41.8 Å². The number of urea groups is 1. The van der Waals surface area contributed by atoms with Gasteiger partial charge < -0.3 is 10.6 Å². The number of hydrogen-bond donors (Lipinski definition) is 2. The highest BCUT2D eigenvalue weighted by Gasteiger charge is 2.20. The Labute approximate surface area is 158 Å². The van der Waals surface area contributed by atoms with Gasteiger partial charge in [0.2, 0.25) is 0 Å². The van der Waals surface area contributed by atoms with Gasteiger partial charge in [0.15, 0.2) is 0 Å². The van der Waals surface area contributed by atoms with Crippen LogP contribution in [0.25, 0.3) is 0 Å². The van der Waals surface area contributed by atoms with E-state index in [2.05, 4.69) is 33.0 Å². The van der Waals surface area contributed by atoms with E-state index < -0.39 is 0 Å². The molecule has 1 fully saturated rings. The Hall–Kier alpha value is -1.92. The summed E-state index contributed by atoms with van der Waals surface area (Å²) in [5, 5.41) is 7.95. The van der Waals surface area contributed by atoms with Crippen molar-refractivity contribution in [2.45, 2.75) is 25.8 Å². The van der Waals surface area contributed by atoms with Gasteiger partial charge in [-0.3, -0.25) is 4.90 Å². The van der Waals surface area contributed by atoms with E-state index in [0.29, 0.717) is 25.4 Å². The van der Waals surface area contributed by atoms with Gasteiger partial charge in [0.05, 0.1) is 0 Å². The number of thiophene rings is 1. The number of benzene rings is 1. The SMILES string of the molecule is O=C(NCCc1cccc(F)c1)NCC1CCCN(Cc2cccs2)C1. The standard InChI is InChI=1S/C20H26FN3OS/c21-18-6-1-4-16(12-18)8-9-22-20(25)23-13-17-5-2-10-24(14-17)15-19-7-3-11-26-19/h1,3-4,6-7,11-12,17H,2,5,8-10,13-15H2,(H2,22,23,25). The number of likely N-dealkylation sites (tertiary alicyclic amines) is 1. The minimum Gasteiger partial charge on any atom is -0.338 e. The second-order valence-electron chi connectivity index (χ2n) is 6.84. The first-order valence-corrected chi connectivity index (χ1v) is 10.1. The van der Waals surface area contributed by atoms with Gasteiger partial charge in [0.25, 0.3) is 0 Å². The van der Waals surface area contributed by atoms with Gasteiger partial charge in [-0.25, -0.2) is 9.18 Å². The smallest absolute Gasteiger partial charge is 0.314 e. The van der Waals surface area contributed by atoms with Crippen LogP contribution in [-0.4, -0.2) is 37.1 Å². The molecule has 1 atom stereocenters. The maximum Gasteiger partial charge on any atom is 0.314 e. The Balaban J connectivity index is 1.33. The van der Waals surface area contributed by atoms with Crippen molar-refractivity contribution in [3.8, 4) is 0 Å². The first-order chi connectivity index (χ1) is 12.7. The molecule has 2 N–H and O–H groups in total. The highest BCUT2D eigenvalue weighted by Crippen LogP contribution is 2.19. The number of carbonyl (C=O) groups is 1. The minimum absolute atomic E-state index is 0.142. The number of rotatable bonds is 7. The number of carbonyl (C=O) groups excluding carboxylic acids is 1. The summed E-state index contributed by atoms with van der Waals surface area (Å²) in [6, 6.07) is 10.6. The highest BCUT2D eigenvalue weighted by molar-refractivity contribution is 7.09. The molecule has 4 nitrogen and oxygen atoms in total. The number of piperidine rings is 1. The zero-order chi connectivity index (χ0) is 18.2. The summed E-state index contributed by atoms with van der Waals surface area (Å²) >= 11 is 1.80.